The van der Waals surface area contributed by atoms with Crippen molar-refractivity contribution in [1.29, 1.82) is 0 Å². The SMILES string of the molecule is CCC1COCCN1C(C)c1cc(Br)ccc1O. The molecule has 1 saturated heterocycles. The van der Waals surface area contributed by atoms with E-state index in [0.29, 0.717) is 11.8 Å². The van der Waals surface area contributed by atoms with Gasteiger partial charge >= 0.3 is 0 Å². The second-order valence-corrected chi connectivity index (χ2v) is 5.67. The first-order valence-corrected chi connectivity index (χ1v) is 7.24. The van der Waals surface area contributed by atoms with Gasteiger partial charge in [0, 0.05) is 28.7 Å². The Morgan fingerprint density at radius 2 is 2.33 bits per heavy atom. The Kier molecular flexibility index (Phi) is 4.65. The average Bonchev–Trinajstić information content (AvgIpc) is 2.40. The third-order valence-electron chi connectivity index (χ3n) is 3.68. The number of aromatic hydroxyl groups is 1. The largest absolute Gasteiger partial charge is 0.508 e. The Bertz CT molecular complexity index is 411. The quantitative estimate of drug-likeness (QED) is 0.929. The summed E-state index contributed by atoms with van der Waals surface area (Å²) < 4.78 is 6.53. The van der Waals surface area contributed by atoms with Crippen LogP contribution in [0.25, 0.3) is 0 Å². The predicted molar refractivity (Wildman–Crippen MR) is 75.8 cm³/mol. The molecule has 3 nitrogen and oxygen atoms in total. The lowest BCUT2D eigenvalue weighted by molar-refractivity contribution is -0.0276. The van der Waals surface area contributed by atoms with Gasteiger partial charge in [-0.1, -0.05) is 22.9 Å². The molecular weight excluding hydrogens is 294 g/mol. The smallest absolute Gasteiger partial charge is 0.120 e. The fourth-order valence-electron chi connectivity index (χ4n) is 2.57. The van der Waals surface area contributed by atoms with Crippen molar-refractivity contribution in [3.05, 3.63) is 28.2 Å². The van der Waals surface area contributed by atoms with Crippen molar-refractivity contribution in [3.8, 4) is 5.75 Å². The van der Waals surface area contributed by atoms with Gasteiger partial charge in [0.15, 0.2) is 0 Å². The molecule has 0 spiro atoms. The van der Waals surface area contributed by atoms with Crippen LogP contribution in [-0.2, 0) is 4.74 Å². The molecule has 2 atom stereocenters. The monoisotopic (exact) mass is 313 g/mol. The summed E-state index contributed by atoms with van der Waals surface area (Å²) in [7, 11) is 0. The van der Waals surface area contributed by atoms with E-state index in [-0.39, 0.29) is 6.04 Å². The van der Waals surface area contributed by atoms with E-state index in [1.54, 1.807) is 6.07 Å². The molecule has 1 fully saturated rings. The summed E-state index contributed by atoms with van der Waals surface area (Å²) in [6, 6.07) is 6.25. The molecule has 0 amide bonds. The minimum Gasteiger partial charge on any atom is -0.508 e. The van der Waals surface area contributed by atoms with Crippen molar-refractivity contribution >= 4 is 15.9 Å². The molecule has 1 aliphatic rings. The average molecular weight is 314 g/mol. The van der Waals surface area contributed by atoms with E-state index in [9.17, 15) is 5.11 Å². The van der Waals surface area contributed by atoms with Gasteiger partial charge in [0.25, 0.3) is 0 Å². The number of hydrogen-bond donors (Lipinski definition) is 1. The highest BCUT2D eigenvalue weighted by atomic mass is 79.9. The number of morpholine rings is 1. The molecule has 0 aromatic heterocycles. The minimum atomic E-state index is 0.205. The zero-order valence-electron chi connectivity index (χ0n) is 10.9. The van der Waals surface area contributed by atoms with Crippen LogP contribution in [0.1, 0.15) is 31.9 Å². The van der Waals surface area contributed by atoms with E-state index < -0.39 is 0 Å². The Hall–Kier alpha value is -0.580. The standard InChI is InChI=1S/C14H20BrNO2/c1-3-12-9-18-7-6-16(12)10(2)13-8-11(15)4-5-14(13)17/h4-5,8,10,12,17H,3,6-7,9H2,1-2H3. The van der Waals surface area contributed by atoms with Crippen LogP contribution < -0.4 is 0 Å². The lowest BCUT2D eigenvalue weighted by Gasteiger charge is -2.39. The number of ether oxygens (including phenoxy) is 1. The summed E-state index contributed by atoms with van der Waals surface area (Å²) in [5, 5.41) is 10.0. The Balaban J connectivity index is 2.23. The summed E-state index contributed by atoms with van der Waals surface area (Å²) in [4.78, 5) is 2.42. The van der Waals surface area contributed by atoms with E-state index in [0.717, 1.165) is 36.2 Å². The number of phenolic OH excluding ortho intramolecular Hbond substituents is 1. The molecule has 4 heteroatoms. The van der Waals surface area contributed by atoms with Crippen LogP contribution in [0, 0.1) is 0 Å². The van der Waals surface area contributed by atoms with Crippen molar-refractivity contribution in [1.82, 2.24) is 4.90 Å². The molecule has 1 N–H and O–H groups in total. The first kappa shape index (κ1) is 13.8. The highest BCUT2D eigenvalue weighted by Crippen LogP contribution is 2.33. The van der Waals surface area contributed by atoms with Gasteiger partial charge in [-0.3, -0.25) is 4.90 Å². The molecule has 100 valence electrons. The summed E-state index contributed by atoms with van der Waals surface area (Å²) >= 11 is 3.47. The second-order valence-electron chi connectivity index (χ2n) is 4.75. The molecule has 2 unspecified atom stereocenters. The molecule has 0 bridgehead atoms. The number of rotatable bonds is 3. The van der Waals surface area contributed by atoms with Gasteiger partial charge in [0.05, 0.1) is 13.2 Å². The van der Waals surface area contributed by atoms with E-state index in [2.05, 4.69) is 34.7 Å². The molecule has 1 aromatic carbocycles. The fraction of sp³-hybridized carbons (Fsp3) is 0.571. The van der Waals surface area contributed by atoms with Gasteiger partial charge in [0.2, 0.25) is 0 Å². The maximum absolute atomic E-state index is 10.0. The highest BCUT2D eigenvalue weighted by Gasteiger charge is 2.27. The number of benzene rings is 1. The fourth-order valence-corrected chi connectivity index (χ4v) is 2.95. The molecule has 1 aliphatic heterocycles. The molecule has 0 saturated carbocycles. The Morgan fingerprint density at radius 3 is 3.06 bits per heavy atom. The van der Waals surface area contributed by atoms with Crippen LogP contribution >= 0.6 is 15.9 Å². The normalized spacial score (nSPS) is 22.9. The molecule has 0 radical (unpaired) electrons. The first-order chi connectivity index (χ1) is 8.63. The maximum atomic E-state index is 10.0. The Morgan fingerprint density at radius 1 is 1.56 bits per heavy atom. The first-order valence-electron chi connectivity index (χ1n) is 6.45. The number of hydrogen-bond acceptors (Lipinski definition) is 3. The van der Waals surface area contributed by atoms with Gasteiger partial charge in [-0.05, 0) is 31.5 Å². The summed E-state index contributed by atoms with van der Waals surface area (Å²) in [5.74, 6) is 0.368. The van der Waals surface area contributed by atoms with Gasteiger partial charge in [-0.15, -0.1) is 0 Å². The topological polar surface area (TPSA) is 32.7 Å². The highest BCUT2D eigenvalue weighted by molar-refractivity contribution is 9.10. The molecule has 18 heavy (non-hydrogen) atoms. The van der Waals surface area contributed by atoms with E-state index in [1.165, 1.54) is 0 Å². The van der Waals surface area contributed by atoms with Crippen LogP contribution in [0.2, 0.25) is 0 Å². The molecule has 1 heterocycles. The van der Waals surface area contributed by atoms with Crippen molar-refractivity contribution < 1.29 is 9.84 Å². The minimum absolute atomic E-state index is 0.205. The van der Waals surface area contributed by atoms with Gasteiger partial charge in [-0.25, -0.2) is 0 Å². The zero-order valence-corrected chi connectivity index (χ0v) is 12.5. The van der Waals surface area contributed by atoms with E-state index >= 15 is 0 Å². The zero-order chi connectivity index (χ0) is 13.1. The van der Waals surface area contributed by atoms with E-state index in [4.69, 9.17) is 4.74 Å². The third-order valence-corrected chi connectivity index (χ3v) is 4.17. The van der Waals surface area contributed by atoms with Crippen LogP contribution in [0.5, 0.6) is 5.75 Å². The van der Waals surface area contributed by atoms with Crippen molar-refractivity contribution in [3.63, 3.8) is 0 Å². The third kappa shape index (κ3) is 2.87. The number of phenols is 1. The summed E-state index contributed by atoms with van der Waals surface area (Å²) in [6.45, 7) is 6.81. The van der Waals surface area contributed by atoms with Crippen LogP contribution in [0.15, 0.2) is 22.7 Å². The summed E-state index contributed by atoms with van der Waals surface area (Å²) in [5.41, 5.74) is 0.977. The maximum Gasteiger partial charge on any atom is 0.120 e. The number of nitrogens with zero attached hydrogens (tertiary/aromatic N) is 1. The van der Waals surface area contributed by atoms with Crippen LogP contribution in [0.4, 0.5) is 0 Å². The number of halogens is 1. The van der Waals surface area contributed by atoms with Crippen molar-refractivity contribution in [2.45, 2.75) is 32.4 Å². The van der Waals surface area contributed by atoms with Crippen LogP contribution in [0.3, 0.4) is 0 Å². The lowest BCUT2D eigenvalue weighted by atomic mass is 10.0. The second kappa shape index (κ2) is 6.04. The van der Waals surface area contributed by atoms with Gasteiger partial charge in [-0.2, -0.15) is 0 Å². The lowest BCUT2D eigenvalue weighted by Crippen LogP contribution is -2.46. The summed E-state index contributed by atoms with van der Waals surface area (Å²) in [6.07, 6.45) is 1.07. The molecule has 2 rings (SSSR count). The molecular formula is C14H20BrNO2. The van der Waals surface area contributed by atoms with Crippen LogP contribution in [-0.4, -0.2) is 35.8 Å². The molecule has 0 aliphatic carbocycles. The predicted octanol–water partition coefficient (Wildman–Crippen LogP) is 3.33. The van der Waals surface area contributed by atoms with Gasteiger partial charge < -0.3 is 9.84 Å². The Labute approximate surface area is 117 Å². The van der Waals surface area contributed by atoms with Crippen molar-refractivity contribution in [2.24, 2.45) is 0 Å². The molecule has 1 aromatic rings. The van der Waals surface area contributed by atoms with Crippen molar-refractivity contribution in [2.75, 3.05) is 19.8 Å². The van der Waals surface area contributed by atoms with Gasteiger partial charge in [0.1, 0.15) is 5.75 Å². The van der Waals surface area contributed by atoms with E-state index in [1.807, 2.05) is 12.1 Å².